The molecule has 0 aliphatic carbocycles. The van der Waals surface area contributed by atoms with E-state index < -0.39 is 23.4 Å². The van der Waals surface area contributed by atoms with Crippen LogP contribution < -0.4 is 10.9 Å². The summed E-state index contributed by atoms with van der Waals surface area (Å²) >= 11 is 0. The standard InChI is InChI=1S/C26H29N3O6/c1-16(2)25(32)34-13-6-12-29-23(30)21(15-27)18(5)22(24(29)31)28-20-9-7-19(8-10-20)11-14-35-26(33)17(3)4/h7-10,28,30H,1,3,6,11-14H2,2,4-5H3. The molecule has 1 heterocycles. The molecule has 0 spiro atoms. The maximum atomic E-state index is 13.1. The number of rotatable bonds is 11. The summed E-state index contributed by atoms with van der Waals surface area (Å²) in [6, 6.07) is 9.11. The van der Waals surface area contributed by atoms with Gasteiger partial charge >= 0.3 is 11.9 Å². The summed E-state index contributed by atoms with van der Waals surface area (Å²) in [4.78, 5) is 36.1. The van der Waals surface area contributed by atoms with Crippen molar-refractivity contribution >= 4 is 23.3 Å². The van der Waals surface area contributed by atoms with Gasteiger partial charge in [0.2, 0.25) is 5.88 Å². The van der Waals surface area contributed by atoms with Crippen LogP contribution in [0, 0.1) is 18.3 Å². The third-order valence-electron chi connectivity index (χ3n) is 5.10. The van der Waals surface area contributed by atoms with Gasteiger partial charge in [0.15, 0.2) is 0 Å². The number of esters is 2. The Kier molecular flexibility index (Phi) is 9.41. The molecule has 35 heavy (non-hydrogen) atoms. The summed E-state index contributed by atoms with van der Waals surface area (Å²) in [6.45, 7) is 12.0. The van der Waals surface area contributed by atoms with Gasteiger partial charge in [-0.25, -0.2) is 9.59 Å². The molecule has 0 unspecified atom stereocenters. The molecule has 2 rings (SSSR count). The number of nitriles is 1. The Morgan fingerprint density at radius 2 is 1.66 bits per heavy atom. The Morgan fingerprint density at radius 3 is 2.20 bits per heavy atom. The third-order valence-corrected chi connectivity index (χ3v) is 5.10. The second-order valence-corrected chi connectivity index (χ2v) is 8.03. The number of hydrogen-bond donors (Lipinski definition) is 2. The van der Waals surface area contributed by atoms with E-state index in [-0.39, 0.29) is 43.0 Å². The Labute approximate surface area is 203 Å². The van der Waals surface area contributed by atoms with Crippen molar-refractivity contribution in [1.82, 2.24) is 4.57 Å². The van der Waals surface area contributed by atoms with E-state index in [4.69, 9.17) is 9.47 Å². The number of aromatic nitrogens is 1. The topological polar surface area (TPSA) is 131 Å². The molecule has 0 bridgehead atoms. The molecule has 0 saturated heterocycles. The lowest BCUT2D eigenvalue weighted by molar-refractivity contribution is -0.139. The summed E-state index contributed by atoms with van der Waals surface area (Å²) in [6.07, 6.45) is 0.767. The van der Waals surface area contributed by atoms with Crippen LogP contribution in [0.15, 0.2) is 53.4 Å². The SMILES string of the molecule is C=C(C)C(=O)OCCCn1c(O)c(C#N)c(C)c(Nc2ccc(CCOC(=O)C(=C)C)cc2)c1=O. The average Bonchev–Trinajstić information content (AvgIpc) is 2.82. The molecule has 0 radical (unpaired) electrons. The molecule has 9 nitrogen and oxygen atoms in total. The summed E-state index contributed by atoms with van der Waals surface area (Å²) in [5.41, 5.74) is 2.05. The van der Waals surface area contributed by atoms with Crippen molar-refractivity contribution < 1.29 is 24.2 Å². The number of benzene rings is 1. The number of nitrogens with one attached hydrogen (secondary N) is 1. The van der Waals surface area contributed by atoms with Crippen LogP contribution in [0.1, 0.15) is 37.0 Å². The lowest BCUT2D eigenvalue weighted by Gasteiger charge is -2.16. The highest BCUT2D eigenvalue weighted by molar-refractivity contribution is 5.87. The van der Waals surface area contributed by atoms with Gasteiger partial charge in [-0.2, -0.15) is 5.26 Å². The van der Waals surface area contributed by atoms with E-state index in [0.717, 1.165) is 10.1 Å². The minimum atomic E-state index is -0.539. The molecule has 0 fully saturated rings. The quantitative estimate of drug-likeness (QED) is 0.284. The van der Waals surface area contributed by atoms with Crippen molar-refractivity contribution in [2.75, 3.05) is 18.5 Å². The third kappa shape index (κ3) is 7.08. The van der Waals surface area contributed by atoms with Crippen molar-refractivity contribution in [2.45, 2.75) is 40.2 Å². The normalized spacial score (nSPS) is 10.2. The second-order valence-electron chi connectivity index (χ2n) is 8.03. The van der Waals surface area contributed by atoms with E-state index in [2.05, 4.69) is 18.5 Å². The van der Waals surface area contributed by atoms with Crippen molar-refractivity contribution in [3.05, 3.63) is 75.6 Å². The first kappa shape index (κ1) is 26.9. The smallest absolute Gasteiger partial charge is 0.333 e. The first-order valence-electron chi connectivity index (χ1n) is 10.9. The molecule has 184 valence electrons. The van der Waals surface area contributed by atoms with E-state index in [1.165, 1.54) is 6.92 Å². The maximum absolute atomic E-state index is 13.1. The summed E-state index contributed by atoms with van der Waals surface area (Å²) in [5, 5.41) is 23.0. The van der Waals surface area contributed by atoms with Crippen LogP contribution in [-0.2, 0) is 32.0 Å². The number of ether oxygens (including phenoxy) is 2. The molecule has 0 amide bonds. The lowest BCUT2D eigenvalue weighted by atomic mass is 10.1. The molecule has 0 aliphatic rings. The summed E-state index contributed by atoms with van der Waals surface area (Å²) in [5.74, 6) is -1.42. The lowest BCUT2D eigenvalue weighted by Crippen LogP contribution is -2.25. The van der Waals surface area contributed by atoms with Crippen LogP contribution in [0.3, 0.4) is 0 Å². The number of anilines is 2. The Balaban J connectivity index is 2.17. The fourth-order valence-electron chi connectivity index (χ4n) is 3.10. The first-order valence-corrected chi connectivity index (χ1v) is 10.9. The minimum Gasteiger partial charge on any atom is -0.493 e. The van der Waals surface area contributed by atoms with Gasteiger partial charge in [-0.15, -0.1) is 0 Å². The van der Waals surface area contributed by atoms with E-state index in [0.29, 0.717) is 23.2 Å². The highest BCUT2D eigenvalue weighted by Gasteiger charge is 2.19. The van der Waals surface area contributed by atoms with Crippen molar-refractivity contribution in [3.8, 4) is 11.9 Å². The molecule has 0 atom stereocenters. The largest absolute Gasteiger partial charge is 0.493 e. The first-order chi connectivity index (χ1) is 16.6. The number of carbonyl (C=O) groups is 2. The van der Waals surface area contributed by atoms with Gasteiger partial charge in [0.25, 0.3) is 5.56 Å². The van der Waals surface area contributed by atoms with Crippen LogP contribution in [0.5, 0.6) is 5.88 Å². The highest BCUT2D eigenvalue weighted by atomic mass is 16.5. The van der Waals surface area contributed by atoms with Crippen LogP contribution in [0.4, 0.5) is 11.4 Å². The van der Waals surface area contributed by atoms with Crippen LogP contribution in [-0.4, -0.2) is 34.8 Å². The number of hydrogen-bond acceptors (Lipinski definition) is 8. The van der Waals surface area contributed by atoms with Crippen LogP contribution in [0.2, 0.25) is 0 Å². The van der Waals surface area contributed by atoms with Crippen molar-refractivity contribution in [3.63, 3.8) is 0 Å². The minimum absolute atomic E-state index is 0.0259. The van der Waals surface area contributed by atoms with Crippen molar-refractivity contribution in [2.24, 2.45) is 0 Å². The predicted molar refractivity (Wildman–Crippen MR) is 131 cm³/mol. The highest BCUT2D eigenvalue weighted by Crippen LogP contribution is 2.26. The molecule has 2 aromatic rings. The molecular weight excluding hydrogens is 450 g/mol. The predicted octanol–water partition coefficient (Wildman–Crippen LogP) is 3.65. The molecular formula is C26H29N3O6. The van der Waals surface area contributed by atoms with E-state index in [1.54, 1.807) is 26.0 Å². The van der Waals surface area contributed by atoms with E-state index >= 15 is 0 Å². The Morgan fingerprint density at radius 1 is 1.09 bits per heavy atom. The van der Waals surface area contributed by atoms with Gasteiger partial charge in [-0.05, 0) is 44.9 Å². The molecule has 0 saturated carbocycles. The Hall–Kier alpha value is -4.32. The zero-order valence-electron chi connectivity index (χ0n) is 20.1. The number of carbonyl (C=O) groups excluding carboxylic acids is 2. The summed E-state index contributed by atoms with van der Waals surface area (Å²) < 4.78 is 11.2. The zero-order valence-corrected chi connectivity index (χ0v) is 20.1. The average molecular weight is 480 g/mol. The maximum Gasteiger partial charge on any atom is 0.333 e. The molecule has 2 N–H and O–H groups in total. The van der Waals surface area contributed by atoms with Gasteiger partial charge in [0.1, 0.15) is 17.3 Å². The van der Waals surface area contributed by atoms with Gasteiger partial charge in [0.05, 0.1) is 13.2 Å². The second kappa shape index (κ2) is 12.2. The zero-order chi connectivity index (χ0) is 26.1. The van der Waals surface area contributed by atoms with Crippen molar-refractivity contribution in [1.29, 1.82) is 5.26 Å². The van der Waals surface area contributed by atoms with Crippen LogP contribution in [0.25, 0.3) is 0 Å². The van der Waals surface area contributed by atoms with E-state index in [9.17, 15) is 24.8 Å². The van der Waals surface area contributed by atoms with E-state index in [1.807, 2.05) is 18.2 Å². The Bertz CT molecular complexity index is 1240. The van der Waals surface area contributed by atoms with Gasteiger partial charge in [0, 0.05) is 35.4 Å². The van der Waals surface area contributed by atoms with Gasteiger partial charge in [-0.3, -0.25) is 9.36 Å². The molecule has 1 aromatic heterocycles. The molecule has 0 aliphatic heterocycles. The summed E-state index contributed by atoms with van der Waals surface area (Å²) in [7, 11) is 0. The molecule has 9 heteroatoms. The fraction of sp³-hybridized carbons (Fsp3) is 0.308. The fourth-order valence-corrected chi connectivity index (χ4v) is 3.10. The number of aromatic hydroxyl groups is 1. The van der Waals surface area contributed by atoms with Gasteiger partial charge < -0.3 is 19.9 Å². The van der Waals surface area contributed by atoms with Gasteiger partial charge in [-0.1, -0.05) is 25.3 Å². The van der Waals surface area contributed by atoms with Crippen LogP contribution >= 0.6 is 0 Å². The monoisotopic (exact) mass is 479 g/mol. The molecule has 1 aromatic carbocycles. The number of pyridine rings is 1. The number of nitrogens with zero attached hydrogens (tertiary/aromatic N) is 2.